The van der Waals surface area contributed by atoms with Gasteiger partial charge in [-0.3, -0.25) is 4.68 Å². The van der Waals surface area contributed by atoms with Crippen LogP contribution in [0.3, 0.4) is 0 Å². The lowest BCUT2D eigenvalue weighted by atomic mass is 10.0. The first kappa shape index (κ1) is 15.8. The van der Waals surface area contributed by atoms with Crippen LogP contribution in [-0.4, -0.2) is 28.4 Å². The Bertz CT molecular complexity index is 585. The fourth-order valence-electron chi connectivity index (χ4n) is 2.28. The summed E-state index contributed by atoms with van der Waals surface area (Å²) in [5.41, 5.74) is 1.04. The third-order valence-corrected chi connectivity index (χ3v) is 3.63. The van der Waals surface area contributed by atoms with Crippen molar-refractivity contribution in [1.82, 2.24) is 20.1 Å². The zero-order valence-electron chi connectivity index (χ0n) is 12.6. The molecule has 0 spiro atoms. The van der Waals surface area contributed by atoms with E-state index in [0.29, 0.717) is 5.02 Å². The molecule has 0 bridgehead atoms. The minimum absolute atomic E-state index is 0.0847. The highest BCUT2D eigenvalue weighted by atomic mass is 35.5. The molecular formula is C15H21ClN4O. The van der Waals surface area contributed by atoms with Gasteiger partial charge in [-0.1, -0.05) is 18.5 Å². The highest BCUT2D eigenvalue weighted by Crippen LogP contribution is 2.30. The first-order valence-corrected chi connectivity index (χ1v) is 7.43. The fraction of sp³-hybridized carbons (Fsp3) is 0.467. The SMILES string of the molecule is CCCNC(Cc1ncnn1C)c1cc(Cl)ccc1OC. The van der Waals surface area contributed by atoms with Crippen LogP contribution < -0.4 is 10.1 Å². The Morgan fingerprint density at radius 3 is 2.86 bits per heavy atom. The maximum Gasteiger partial charge on any atom is 0.138 e. The number of nitrogens with one attached hydrogen (secondary N) is 1. The zero-order valence-corrected chi connectivity index (χ0v) is 13.4. The summed E-state index contributed by atoms with van der Waals surface area (Å²) in [4.78, 5) is 4.31. The molecule has 1 heterocycles. The quantitative estimate of drug-likeness (QED) is 0.854. The van der Waals surface area contributed by atoms with Crippen LogP contribution in [0.2, 0.25) is 5.02 Å². The number of halogens is 1. The third kappa shape index (κ3) is 3.95. The highest BCUT2D eigenvalue weighted by molar-refractivity contribution is 6.30. The Labute approximate surface area is 130 Å². The molecule has 0 aliphatic carbocycles. The van der Waals surface area contributed by atoms with Gasteiger partial charge in [0.25, 0.3) is 0 Å². The van der Waals surface area contributed by atoms with Crippen molar-refractivity contribution in [2.24, 2.45) is 7.05 Å². The van der Waals surface area contributed by atoms with E-state index < -0.39 is 0 Å². The van der Waals surface area contributed by atoms with Gasteiger partial charge >= 0.3 is 0 Å². The van der Waals surface area contributed by atoms with Gasteiger partial charge in [-0.25, -0.2) is 4.98 Å². The third-order valence-electron chi connectivity index (χ3n) is 3.40. The predicted molar refractivity (Wildman–Crippen MR) is 83.7 cm³/mol. The predicted octanol–water partition coefficient (Wildman–Crippen LogP) is 2.76. The van der Waals surface area contributed by atoms with Crippen LogP contribution in [0.15, 0.2) is 24.5 Å². The molecule has 0 aliphatic rings. The molecule has 114 valence electrons. The first-order chi connectivity index (χ1) is 10.2. The van der Waals surface area contributed by atoms with Crippen molar-refractivity contribution < 1.29 is 4.74 Å². The molecule has 1 unspecified atom stereocenters. The topological polar surface area (TPSA) is 52.0 Å². The smallest absolute Gasteiger partial charge is 0.138 e. The molecule has 0 amide bonds. The summed E-state index contributed by atoms with van der Waals surface area (Å²) in [5.74, 6) is 1.75. The Balaban J connectivity index is 2.31. The van der Waals surface area contributed by atoms with Crippen molar-refractivity contribution in [2.45, 2.75) is 25.8 Å². The van der Waals surface area contributed by atoms with Gasteiger partial charge in [0.05, 0.1) is 7.11 Å². The van der Waals surface area contributed by atoms with E-state index in [0.717, 1.165) is 36.5 Å². The summed E-state index contributed by atoms with van der Waals surface area (Å²) in [7, 11) is 3.57. The van der Waals surface area contributed by atoms with Crippen LogP contribution in [0.25, 0.3) is 0 Å². The molecule has 2 aromatic rings. The maximum atomic E-state index is 6.15. The van der Waals surface area contributed by atoms with Crippen LogP contribution in [0.5, 0.6) is 5.75 Å². The van der Waals surface area contributed by atoms with Crippen molar-refractivity contribution in [3.63, 3.8) is 0 Å². The van der Waals surface area contributed by atoms with Crippen LogP contribution in [0, 0.1) is 0 Å². The summed E-state index contributed by atoms with van der Waals surface area (Å²) in [6.45, 7) is 3.06. The normalized spacial score (nSPS) is 12.4. The first-order valence-electron chi connectivity index (χ1n) is 7.05. The maximum absolute atomic E-state index is 6.15. The van der Waals surface area contributed by atoms with E-state index in [1.54, 1.807) is 18.1 Å². The molecule has 5 nitrogen and oxygen atoms in total. The molecule has 1 aromatic heterocycles. The monoisotopic (exact) mass is 308 g/mol. The molecule has 0 aliphatic heterocycles. The minimum atomic E-state index is 0.0847. The molecule has 1 N–H and O–H groups in total. The minimum Gasteiger partial charge on any atom is -0.496 e. The lowest BCUT2D eigenvalue weighted by molar-refractivity contribution is 0.396. The van der Waals surface area contributed by atoms with Gasteiger partial charge < -0.3 is 10.1 Å². The second-order valence-corrected chi connectivity index (χ2v) is 5.33. The summed E-state index contributed by atoms with van der Waals surface area (Å²) < 4.78 is 7.26. The largest absolute Gasteiger partial charge is 0.496 e. The number of hydrogen-bond acceptors (Lipinski definition) is 4. The zero-order chi connectivity index (χ0) is 15.2. The van der Waals surface area contributed by atoms with E-state index in [4.69, 9.17) is 16.3 Å². The Hall–Kier alpha value is -1.59. The lowest BCUT2D eigenvalue weighted by Gasteiger charge is -2.21. The van der Waals surface area contributed by atoms with Gasteiger partial charge in [0.1, 0.15) is 17.9 Å². The number of nitrogens with zero attached hydrogens (tertiary/aromatic N) is 3. The Morgan fingerprint density at radius 2 is 2.24 bits per heavy atom. The van der Waals surface area contributed by atoms with Gasteiger partial charge in [-0.05, 0) is 31.2 Å². The summed E-state index contributed by atoms with van der Waals surface area (Å²) in [6, 6.07) is 5.77. The van der Waals surface area contributed by atoms with Gasteiger partial charge in [-0.2, -0.15) is 5.10 Å². The molecule has 1 aromatic carbocycles. The molecule has 0 saturated heterocycles. The molecule has 6 heteroatoms. The molecular weight excluding hydrogens is 288 g/mol. The molecule has 21 heavy (non-hydrogen) atoms. The van der Waals surface area contributed by atoms with Gasteiger partial charge in [0.15, 0.2) is 0 Å². The summed E-state index contributed by atoms with van der Waals surface area (Å²) in [5, 5.41) is 8.36. The number of ether oxygens (including phenoxy) is 1. The van der Waals surface area contributed by atoms with Crippen molar-refractivity contribution in [2.75, 3.05) is 13.7 Å². The van der Waals surface area contributed by atoms with Crippen molar-refractivity contribution in [1.29, 1.82) is 0 Å². The average molecular weight is 309 g/mol. The number of methoxy groups -OCH3 is 1. The lowest BCUT2D eigenvalue weighted by Crippen LogP contribution is -2.25. The van der Waals surface area contributed by atoms with E-state index in [1.807, 2.05) is 25.2 Å². The van der Waals surface area contributed by atoms with E-state index >= 15 is 0 Å². The number of aryl methyl sites for hydroxylation is 1. The summed E-state index contributed by atoms with van der Waals surface area (Å²) in [6.07, 6.45) is 3.35. The number of rotatable bonds is 7. The molecule has 0 radical (unpaired) electrons. The van der Waals surface area contributed by atoms with Gasteiger partial charge in [-0.15, -0.1) is 0 Å². The Morgan fingerprint density at radius 1 is 1.43 bits per heavy atom. The van der Waals surface area contributed by atoms with Gasteiger partial charge in [0.2, 0.25) is 0 Å². The second kappa shape index (κ2) is 7.43. The standard InChI is InChI=1S/C15H21ClN4O/c1-4-7-17-13(9-15-18-10-19-20(15)2)12-8-11(16)5-6-14(12)21-3/h5-6,8,10,13,17H,4,7,9H2,1-3H3. The average Bonchev–Trinajstić information content (AvgIpc) is 2.88. The van der Waals surface area contributed by atoms with E-state index in [2.05, 4.69) is 22.3 Å². The van der Waals surface area contributed by atoms with Crippen LogP contribution in [-0.2, 0) is 13.5 Å². The highest BCUT2D eigenvalue weighted by Gasteiger charge is 2.19. The summed E-state index contributed by atoms with van der Waals surface area (Å²) >= 11 is 6.15. The van der Waals surface area contributed by atoms with Crippen molar-refractivity contribution in [3.05, 3.63) is 40.9 Å². The molecule has 1 atom stereocenters. The molecule has 0 saturated carbocycles. The van der Waals surface area contributed by atoms with E-state index in [-0.39, 0.29) is 6.04 Å². The fourth-order valence-corrected chi connectivity index (χ4v) is 2.46. The molecule has 0 fully saturated rings. The van der Waals surface area contributed by atoms with Crippen molar-refractivity contribution >= 4 is 11.6 Å². The van der Waals surface area contributed by atoms with Crippen LogP contribution in [0.4, 0.5) is 0 Å². The number of aromatic nitrogens is 3. The van der Waals surface area contributed by atoms with Crippen molar-refractivity contribution in [3.8, 4) is 5.75 Å². The number of hydrogen-bond donors (Lipinski definition) is 1. The Kier molecular flexibility index (Phi) is 5.59. The molecule has 2 rings (SSSR count). The second-order valence-electron chi connectivity index (χ2n) is 4.90. The van der Waals surface area contributed by atoms with E-state index in [9.17, 15) is 0 Å². The van der Waals surface area contributed by atoms with E-state index in [1.165, 1.54) is 0 Å². The van der Waals surface area contributed by atoms with Crippen LogP contribution >= 0.6 is 11.6 Å². The van der Waals surface area contributed by atoms with Gasteiger partial charge in [0, 0.05) is 30.1 Å². The number of benzene rings is 1. The van der Waals surface area contributed by atoms with Crippen LogP contribution in [0.1, 0.15) is 30.8 Å².